The lowest BCUT2D eigenvalue weighted by Gasteiger charge is -2.02. The molecule has 2 N–H and O–H groups in total. The number of hydrogen-bond donors (Lipinski definition) is 2. The highest BCUT2D eigenvalue weighted by molar-refractivity contribution is 9.10. The third-order valence-corrected chi connectivity index (χ3v) is 3.78. The molecule has 104 valence electrons. The first-order chi connectivity index (χ1) is 9.58. The molecule has 0 unspecified atom stereocenters. The fourth-order valence-electron chi connectivity index (χ4n) is 1.54. The van der Waals surface area contributed by atoms with E-state index in [0.29, 0.717) is 16.5 Å². The average Bonchev–Trinajstić information content (AvgIpc) is 2.86. The van der Waals surface area contributed by atoms with Crippen LogP contribution in [0.15, 0.2) is 39.3 Å². The van der Waals surface area contributed by atoms with Gasteiger partial charge < -0.3 is 10.5 Å². The lowest BCUT2D eigenvalue weighted by Crippen LogP contribution is -2.14. The van der Waals surface area contributed by atoms with Gasteiger partial charge in [0.2, 0.25) is 5.91 Å². The van der Waals surface area contributed by atoms with Gasteiger partial charge in [0.25, 0.3) is 0 Å². The first-order valence-electron chi connectivity index (χ1n) is 5.77. The predicted molar refractivity (Wildman–Crippen MR) is 82.6 cm³/mol. The highest BCUT2D eigenvalue weighted by Crippen LogP contribution is 2.17. The average molecular weight is 354 g/mol. The number of anilines is 1. The Bertz CT molecular complexity index is 655. The number of thiazole rings is 1. The van der Waals surface area contributed by atoms with Crippen molar-refractivity contribution in [2.75, 3.05) is 5.32 Å². The molecule has 0 fully saturated rings. The van der Waals surface area contributed by atoms with Gasteiger partial charge in [-0.15, -0.1) is 11.3 Å². The smallest absolute Gasteiger partial charge is 0.230 e. The molecule has 0 aliphatic carbocycles. The summed E-state index contributed by atoms with van der Waals surface area (Å²) in [6, 6.07) is 7.58. The minimum atomic E-state index is -0.136. The summed E-state index contributed by atoms with van der Waals surface area (Å²) in [6.45, 7) is 1.64. The Hall–Kier alpha value is -1.73. The quantitative estimate of drug-likeness (QED) is 0.503. The zero-order chi connectivity index (χ0) is 14.5. The van der Waals surface area contributed by atoms with Crippen LogP contribution in [0.2, 0.25) is 0 Å². The molecule has 2 aromatic rings. The minimum absolute atomic E-state index is 0.136. The summed E-state index contributed by atoms with van der Waals surface area (Å²) in [5, 5.41) is 16.7. The first kappa shape index (κ1) is 14.7. The second-order valence-corrected chi connectivity index (χ2v) is 5.85. The SMILES string of the molecule is CC(=NO)c1csc(NC(=O)Cc2cccc(Br)c2)n1. The van der Waals surface area contributed by atoms with Gasteiger partial charge in [-0.25, -0.2) is 4.98 Å². The van der Waals surface area contributed by atoms with Gasteiger partial charge in [-0.2, -0.15) is 0 Å². The molecule has 0 atom stereocenters. The van der Waals surface area contributed by atoms with E-state index < -0.39 is 0 Å². The van der Waals surface area contributed by atoms with E-state index in [0.717, 1.165) is 10.0 Å². The van der Waals surface area contributed by atoms with Gasteiger partial charge in [0.05, 0.1) is 6.42 Å². The van der Waals surface area contributed by atoms with Crippen molar-refractivity contribution in [2.45, 2.75) is 13.3 Å². The number of halogens is 1. The Morgan fingerprint density at radius 3 is 3.05 bits per heavy atom. The van der Waals surface area contributed by atoms with Crippen LogP contribution in [0.25, 0.3) is 0 Å². The van der Waals surface area contributed by atoms with Crippen LogP contribution in [0, 0.1) is 0 Å². The van der Waals surface area contributed by atoms with E-state index in [9.17, 15) is 4.79 Å². The maximum atomic E-state index is 11.9. The van der Waals surface area contributed by atoms with Crippen LogP contribution in [-0.2, 0) is 11.2 Å². The van der Waals surface area contributed by atoms with Crippen molar-refractivity contribution in [2.24, 2.45) is 5.16 Å². The second kappa shape index (κ2) is 6.62. The number of hydrogen-bond acceptors (Lipinski definition) is 5. The van der Waals surface area contributed by atoms with E-state index in [1.807, 2.05) is 24.3 Å². The van der Waals surface area contributed by atoms with Crippen molar-refractivity contribution in [3.63, 3.8) is 0 Å². The lowest BCUT2D eigenvalue weighted by atomic mass is 10.1. The summed E-state index contributed by atoms with van der Waals surface area (Å²) in [4.78, 5) is 16.1. The van der Waals surface area contributed by atoms with Crippen molar-refractivity contribution >= 4 is 44.0 Å². The van der Waals surface area contributed by atoms with Crippen LogP contribution in [0.3, 0.4) is 0 Å². The van der Waals surface area contributed by atoms with Crippen LogP contribution in [0.4, 0.5) is 5.13 Å². The maximum absolute atomic E-state index is 11.9. The molecule has 1 aromatic carbocycles. The van der Waals surface area contributed by atoms with Gasteiger partial charge in [-0.1, -0.05) is 33.2 Å². The Morgan fingerprint density at radius 1 is 1.55 bits per heavy atom. The molecule has 7 heteroatoms. The number of carbonyl (C=O) groups is 1. The highest BCUT2D eigenvalue weighted by Gasteiger charge is 2.09. The van der Waals surface area contributed by atoms with Gasteiger partial charge in [0.1, 0.15) is 11.4 Å². The molecule has 2 rings (SSSR count). The van der Waals surface area contributed by atoms with Crippen molar-refractivity contribution in [3.05, 3.63) is 45.4 Å². The van der Waals surface area contributed by atoms with Gasteiger partial charge >= 0.3 is 0 Å². The standard InChI is InChI=1S/C13H12BrN3O2S/c1-8(17-19)11-7-20-13(15-11)16-12(18)6-9-3-2-4-10(14)5-9/h2-5,7,19H,6H2,1H3,(H,15,16,18). The summed E-state index contributed by atoms with van der Waals surface area (Å²) >= 11 is 4.66. The molecular formula is C13H12BrN3O2S. The van der Waals surface area contributed by atoms with E-state index in [2.05, 4.69) is 31.4 Å². The zero-order valence-corrected chi connectivity index (χ0v) is 13.0. The minimum Gasteiger partial charge on any atom is -0.411 e. The molecule has 0 aliphatic rings. The van der Waals surface area contributed by atoms with E-state index in [1.54, 1.807) is 12.3 Å². The van der Waals surface area contributed by atoms with Crippen molar-refractivity contribution in [3.8, 4) is 0 Å². The molecule has 1 heterocycles. The maximum Gasteiger partial charge on any atom is 0.230 e. The van der Waals surface area contributed by atoms with Crippen LogP contribution in [0.1, 0.15) is 18.2 Å². The Balaban J connectivity index is 2.00. The number of benzene rings is 1. The first-order valence-corrected chi connectivity index (χ1v) is 7.44. The molecule has 1 aromatic heterocycles. The molecule has 5 nitrogen and oxygen atoms in total. The Labute approximate surface area is 128 Å². The van der Waals surface area contributed by atoms with Crippen LogP contribution in [-0.4, -0.2) is 21.8 Å². The number of carbonyl (C=O) groups excluding carboxylic acids is 1. The Morgan fingerprint density at radius 2 is 2.35 bits per heavy atom. The third-order valence-electron chi connectivity index (χ3n) is 2.52. The van der Waals surface area contributed by atoms with Crippen LogP contribution >= 0.6 is 27.3 Å². The van der Waals surface area contributed by atoms with Gasteiger partial charge in [-0.05, 0) is 24.6 Å². The number of rotatable bonds is 4. The number of nitrogens with zero attached hydrogens (tertiary/aromatic N) is 2. The van der Waals surface area contributed by atoms with E-state index in [4.69, 9.17) is 5.21 Å². The van der Waals surface area contributed by atoms with Crippen molar-refractivity contribution < 1.29 is 10.0 Å². The number of amides is 1. The van der Waals surface area contributed by atoms with Crippen LogP contribution < -0.4 is 5.32 Å². The molecule has 20 heavy (non-hydrogen) atoms. The molecule has 0 aliphatic heterocycles. The monoisotopic (exact) mass is 353 g/mol. The molecule has 0 saturated carbocycles. The molecule has 0 spiro atoms. The Kier molecular flexibility index (Phi) is 4.86. The zero-order valence-electron chi connectivity index (χ0n) is 10.6. The summed E-state index contributed by atoms with van der Waals surface area (Å²) in [7, 11) is 0. The predicted octanol–water partition coefficient (Wildman–Crippen LogP) is 3.29. The number of aromatic nitrogens is 1. The van der Waals surface area contributed by atoms with Crippen molar-refractivity contribution in [1.82, 2.24) is 4.98 Å². The molecule has 0 radical (unpaired) electrons. The number of oxime groups is 1. The van der Waals surface area contributed by atoms with Gasteiger partial charge in [-0.3, -0.25) is 4.79 Å². The third kappa shape index (κ3) is 3.88. The summed E-state index contributed by atoms with van der Waals surface area (Å²) in [5.41, 5.74) is 1.88. The van der Waals surface area contributed by atoms with Crippen molar-refractivity contribution in [1.29, 1.82) is 0 Å². The van der Waals surface area contributed by atoms with E-state index >= 15 is 0 Å². The molecule has 1 amide bonds. The largest absolute Gasteiger partial charge is 0.411 e. The van der Waals surface area contributed by atoms with Crippen LogP contribution in [0.5, 0.6) is 0 Å². The molecule has 0 bridgehead atoms. The van der Waals surface area contributed by atoms with E-state index in [1.165, 1.54) is 11.3 Å². The number of nitrogens with one attached hydrogen (secondary N) is 1. The van der Waals surface area contributed by atoms with E-state index in [-0.39, 0.29) is 12.3 Å². The summed E-state index contributed by atoms with van der Waals surface area (Å²) in [6.07, 6.45) is 0.279. The molecule has 0 saturated heterocycles. The summed E-state index contributed by atoms with van der Waals surface area (Å²) in [5.74, 6) is -0.136. The normalized spacial score (nSPS) is 11.4. The molecular weight excluding hydrogens is 342 g/mol. The lowest BCUT2D eigenvalue weighted by molar-refractivity contribution is -0.115. The summed E-state index contributed by atoms with van der Waals surface area (Å²) < 4.78 is 0.939. The topological polar surface area (TPSA) is 74.6 Å². The fourth-order valence-corrected chi connectivity index (χ4v) is 2.76. The van der Waals surface area contributed by atoms with Gasteiger partial charge in [0, 0.05) is 9.85 Å². The van der Waals surface area contributed by atoms with Gasteiger partial charge in [0.15, 0.2) is 5.13 Å². The second-order valence-electron chi connectivity index (χ2n) is 4.08. The highest BCUT2D eigenvalue weighted by atomic mass is 79.9. The fraction of sp³-hybridized carbons (Fsp3) is 0.154.